The first-order chi connectivity index (χ1) is 17.6. The number of rotatable bonds is 12. The molecule has 0 aliphatic carbocycles. The Kier molecular flexibility index (Phi) is 9.53. The Balaban J connectivity index is 1.83. The lowest BCUT2D eigenvalue weighted by atomic mass is 10.0. The summed E-state index contributed by atoms with van der Waals surface area (Å²) < 4.78 is 0. The lowest BCUT2D eigenvalue weighted by Gasteiger charge is -2.30. The van der Waals surface area contributed by atoms with Crippen LogP contribution in [0.25, 0.3) is 10.9 Å². The standard InChI is InChI=1S/C24H31N5O7S/c25-15(7-8-20(30)31)21(32)27-17(10-13-11-26-16-5-2-1-4-14(13)16)23(34)29-9-3-6-19(29)22(33)28-18(12-37)24(35)36/h1-2,4-5,11,15,17-19,26,37H,3,6-10,12,25H2,(H,27,32)(H,28,33)(H,30,31)(H,35,36). The maximum Gasteiger partial charge on any atom is 0.327 e. The van der Waals surface area contributed by atoms with Gasteiger partial charge in [0.05, 0.1) is 6.04 Å². The predicted molar refractivity (Wildman–Crippen MR) is 137 cm³/mol. The molecular weight excluding hydrogens is 502 g/mol. The summed E-state index contributed by atoms with van der Waals surface area (Å²) in [6.07, 6.45) is 2.28. The number of aromatic amines is 1. The number of carboxylic acids is 2. The lowest BCUT2D eigenvalue weighted by Crippen LogP contribution is -2.57. The highest BCUT2D eigenvalue weighted by molar-refractivity contribution is 7.80. The van der Waals surface area contributed by atoms with Gasteiger partial charge in [-0.25, -0.2) is 4.79 Å². The van der Waals surface area contributed by atoms with Gasteiger partial charge in [-0.15, -0.1) is 0 Å². The van der Waals surface area contributed by atoms with Crippen molar-refractivity contribution in [2.45, 2.75) is 56.3 Å². The molecule has 4 unspecified atom stereocenters. The van der Waals surface area contributed by atoms with Crippen LogP contribution in [0.2, 0.25) is 0 Å². The second kappa shape index (κ2) is 12.6. The van der Waals surface area contributed by atoms with E-state index in [1.165, 1.54) is 4.90 Å². The van der Waals surface area contributed by atoms with Crippen LogP contribution in [0, 0.1) is 0 Å². The van der Waals surface area contributed by atoms with Crippen LogP contribution in [0.5, 0.6) is 0 Å². The second-order valence-electron chi connectivity index (χ2n) is 8.94. The topological polar surface area (TPSA) is 195 Å². The molecule has 2 aromatic rings. The fourth-order valence-corrected chi connectivity index (χ4v) is 4.61. The monoisotopic (exact) mass is 533 g/mol. The van der Waals surface area contributed by atoms with Crippen molar-refractivity contribution in [1.29, 1.82) is 0 Å². The van der Waals surface area contributed by atoms with Crippen LogP contribution in [0.4, 0.5) is 0 Å². The van der Waals surface area contributed by atoms with Crippen molar-refractivity contribution in [3.63, 3.8) is 0 Å². The molecule has 7 N–H and O–H groups in total. The molecule has 0 bridgehead atoms. The Morgan fingerprint density at radius 2 is 1.86 bits per heavy atom. The van der Waals surface area contributed by atoms with Gasteiger partial charge in [0.1, 0.15) is 18.1 Å². The average molecular weight is 534 g/mol. The molecule has 0 spiro atoms. The van der Waals surface area contributed by atoms with Crippen LogP contribution >= 0.6 is 12.6 Å². The van der Waals surface area contributed by atoms with Crippen molar-refractivity contribution in [2.24, 2.45) is 5.73 Å². The Labute approximate surface area is 218 Å². The summed E-state index contributed by atoms with van der Waals surface area (Å²) in [5, 5.41) is 24.1. The molecule has 4 atom stereocenters. The first-order valence-corrected chi connectivity index (χ1v) is 12.5. The second-order valence-corrected chi connectivity index (χ2v) is 9.30. The normalized spacial score (nSPS) is 17.7. The molecule has 1 aromatic carbocycles. The minimum atomic E-state index is -1.24. The van der Waals surface area contributed by atoms with E-state index in [2.05, 4.69) is 28.2 Å². The van der Waals surface area contributed by atoms with Gasteiger partial charge in [0, 0.05) is 42.2 Å². The fraction of sp³-hybridized carbons (Fsp3) is 0.458. The van der Waals surface area contributed by atoms with Gasteiger partial charge in [-0.2, -0.15) is 12.6 Å². The highest BCUT2D eigenvalue weighted by Crippen LogP contribution is 2.23. The number of carbonyl (C=O) groups is 5. The van der Waals surface area contributed by atoms with Crippen molar-refractivity contribution in [1.82, 2.24) is 20.5 Å². The maximum atomic E-state index is 13.7. The van der Waals surface area contributed by atoms with Crippen molar-refractivity contribution in [3.05, 3.63) is 36.0 Å². The summed E-state index contributed by atoms with van der Waals surface area (Å²) >= 11 is 3.96. The van der Waals surface area contributed by atoms with Gasteiger partial charge < -0.3 is 36.5 Å². The molecule has 1 aromatic heterocycles. The number of nitrogens with zero attached hydrogens (tertiary/aromatic N) is 1. The first kappa shape index (κ1) is 28.0. The molecule has 3 rings (SSSR count). The van der Waals surface area contributed by atoms with E-state index in [4.69, 9.17) is 10.8 Å². The van der Waals surface area contributed by atoms with E-state index in [0.717, 1.165) is 16.5 Å². The predicted octanol–water partition coefficient (Wildman–Crippen LogP) is -0.122. The number of amides is 3. The molecule has 200 valence electrons. The number of fused-ring (bicyclic) bond motifs is 1. The number of nitrogens with one attached hydrogen (secondary N) is 3. The third-order valence-electron chi connectivity index (χ3n) is 6.36. The Morgan fingerprint density at radius 3 is 2.54 bits per heavy atom. The summed E-state index contributed by atoms with van der Waals surface area (Å²) in [6.45, 7) is 0.251. The summed E-state index contributed by atoms with van der Waals surface area (Å²) in [5.41, 5.74) is 7.48. The third-order valence-corrected chi connectivity index (χ3v) is 6.72. The number of hydrogen-bond acceptors (Lipinski definition) is 7. The summed E-state index contributed by atoms with van der Waals surface area (Å²) in [6, 6.07) is 3.11. The molecular formula is C24H31N5O7S. The molecule has 0 saturated carbocycles. The van der Waals surface area contributed by atoms with E-state index in [0.29, 0.717) is 12.8 Å². The van der Waals surface area contributed by atoms with E-state index in [9.17, 15) is 29.1 Å². The molecule has 1 aliphatic rings. The molecule has 2 heterocycles. The van der Waals surface area contributed by atoms with E-state index in [1.54, 1.807) is 6.20 Å². The summed E-state index contributed by atoms with van der Waals surface area (Å²) in [7, 11) is 0. The van der Waals surface area contributed by atoms with Gasteiger partial charge in [0.25, 0.3) is 0 Å². The number of carboxylic acid groups (broad SMARTS) is 2. The van der Waals surface area contributed by atoms with Crippen LogP contribution in [-0.2, 0) is 30.4 Å². The Morgan fingerprint density at radius 1 is 1.14 bits per heavy atom. The van der Waals surface area contributed by atoms with Gasteiger partial charge in [-0.05, 0) is 30.9 Å². The zero-order chi connectivity index (χ0) is 27.1. The van der Waals surface area contributed by atoms with E-state index < -0.39 is 53.8 Å². The van der Waals surface area contributed by atoms with Crippen molar-refractivity contribution in [3.8, 4) is 0 Å². The number of para-hydroxylation sites is 1. The number of aliphatic carboxylic acids is 2. The average Bonchev–Trinajstić information content (AvgIpc) is 3.52. The SMILES string of the molecule is NC(CCC(=O)O)C(=O)NC(Cc1c[nH]c2ccccc12)C(=O)N1CCCC1C(=O)NC(CS)C(=O)O. The minimum absolute atomic E-state index is 0.0967. The highest BCUT2D eigenvalue weighted by atomic mass is 32.1. The van der Waals surface area contributed by atoms with E-state index in [-0.39, 0.29) is 31.6 Å². The number of carbonyl (C=O) groups excluding carboxylic acids is 3. The molecule has 0 radical (unpaired) electrons. The van der Waals surface area contributed by atoms with Crippen LogP contribution in [0.15, 0.2) is 30.5 Å². The minimum Gasteiger partial charge on any atom is -0.481 e. The summed E-state index contributed by atoms with van der Waals surface area (Å²) in [4.78, 5) is 66.0. The van der Waals surface area contributed by atoms with Crippen LogP contribution in [0.3, 0.4) is 0 Å². The van der Waals surface area contributed by atoms with Gasteiger partial charge >= 0.3 is 11.9 Å². The third kappa shape index (κ3) is 7.01. The number of benzene rings is 1. The van der Waals surface area contributed by atoms with Crippen LogP contribution in [0.1, 0.15) is 31.2 Å². The van der Waals surface area contributed by atoms with Crippen molar-refractivity contribution >= 4 is 53.2 Å². The van der Waals surface area contributed by atoms with Gasteiger partial charge in [0.2, 0.25) is 17.7 Å². The number of thiol groups is 1. The van der Waals surface area contributed by atoms with Gasteiger partial charge in [-0.1, -0.05) is 18.2 Å². The molecule has 13 heteroatoms. The number of aromatic nitrogens is 1. The largest absolute Gasteiger partial charge is 0.481 e. The highest BCUT2D eigenvalue weighted by Gasteiger charge is 2.39. The van der Waals surface area contributed by atoms with Crippen molar-refractivity contribution in [2.75, 3.05) is 12.3 Å². The van der Waals surface area contributed by atoms with Crippen molar-refractivity contribution < 1.29 is 34.2 Å². The van der Waals surface area contributed by atoms with Crippen LogP contribution < -0.4 is 16.4 Å². The van der Waals surface area contributed by atoms with E-state index in [1.807, 2.05) is 24.3 Å². The smallest absolute Gasteiger partial charge is 0.327 e. The Hall–Kier alpha value is -3.58. The van der Waals surface area contributed by atoms with Gasteiger partial charge in [-0.3, -0.25) is 19.2 Å². The number of hydrogen-bond donors (Lipinski definition) is 7. The molecule has 1 aliphatic heterocycles. The molecule has 3 amide bonds. The maximum absolute atomic E-state index is 13.7. The number of nitrogens with two attached hydrogens (primary N) is 1. The van der Waals surface area contributed by atoms with Gasteiger partial charge in [0.15, 0.2) is 0 Å². The number of H-pyrrole nitrogens is 1. The first-order valence-electron chi connectivity index (χ1n) is 11.9. The lowest BCUT2D eigenvalue weighted by molar-refractivity contribution is -0.144. The fourth-order valence-electron chi connectivity index (χ4n) is 4.37. The van der Waals surface area contributed by atoms with E-state index >= 15 is 0 Å². The quantitative estimate of drug-likeness (QED) is 0.183. The zero-order valence-corrected chi connectivity index (χ0v) is 20.9. The van der Waals surface area contributed by atoms with Crippen LogP contribution in [-0.4, -0.2) is 86.2 Å². The Bertz CT molecular complexity index is 1170. The number of likely N-dealkylation sites (tertiary alicyclic amines) is 1. The molecule has 1 fully saturated rings. The molecule has 1 saturated heterocycles. The molecule has 12 nitrogen and oxygen atoms in total. The molecule has 37 heavy (non-hydrogen) atoms. The summed E-state index contributed by atoms with van der Waals surface area (Å²) in [5.74, 6) is -4.25. The zero-order valence-electron chi connectivity index (χ0n) is 20.1.